The summed E-state index contributed by atoms with van der Waals surface area (Å²) in [5, 5.41) is 7.32. The zero-order valence-corrected chi connectivity index (χ0v) is 19.6. The highest BCUT2D eigenvalue weighted by Crippen LogP contribution is 2.27. The van der Waals surface area contributed by atoms with Crippen molar-refractivity contribution < 1.29 is 9.53 Å². The lowest BCUT2D eigenvalue weighted by atomic mass is 10.1. The van der Waals surface area contributed by atoms with Gasteiger partial charge < -0.3 is 19.5 Å². The topological polar surface area (TPSA) is 103 Å². The van der Waals surface area contributed by atoms with Gasteiger partial charge in [-0.3, -0.25) is 9.48 Å². The maximum absolute atomic E-state index is 13.4. The number of nitrogens with zero attached hydrogens (tertiary/aromatic N) is 7. The zero-order chi connectivity index (χ0) is 23.8. The van der Waals surface area contributed by atoms with Crippen LogP contribution in [0.5, 0.6) is 5.75 Å². The monoisotopic (exact) mass is 458 g/mol. The summed E-state index contributed by atoms with van der Waals surface area (Å²) in [5.74, 6) is 2.29. The minimum Gasteiger partial charge on any atom is -0.497 e. The minimum atomic E-state index is -0.104. The average molecular weight is 459 g/mol. The van der Waals surface area contributed by atoms with Crippen LogP contribution in [-0.4, -0.2) is 53.3 Å². The van der Waals surface area contributed by atoms with Crippen molar-refractivity contribution in [2.75, 3.05) is 12.4 Å². The first-order valence-corrected chi connectivity index (χ1v) is 11.0. The van der Waals surface area contributed by atoms with Gasteiger partial charge in [-0.25, -0.2) is 15.0 Å². The summed E-state index contributed by atoms with van der Waals surface area (Å²) in [6.45, 7) is 5.13. The molecule has 0 bridgehead atoms. The lowest BCUT2D eigenvalue weighted by Gasteiger charge is -2.33. The number of fused-ring (bicyclic) bond motifs is 1. The van der Waals surface area contributed by atoms with Crippen LogP contribution < -0.4 is 10.1 Å². The van der Waals surface area contributed by atoms with Crippen molar-refractivity contribution in [2.24, 2.45) is 7.05 Å². The normalized spacial score (nSPS) is 15.4. The Hall–Kier alpha value is -4.21. The van der Waals surface area contributed by atoms with Gasteiger partial charge in [-0.05, 0) is 37.1 Å². The maximum atomic E-state index is 13.4. The van der Waals surface area contributed by atoms with Crippen LogP contribution in [0.4, 0.5) is 11.8 Å². The quantitative estimate of drug-likeness (QED) is 0.473. The lowest BCUT2D eigenvalue weighted by Crippen LogP contribution is -2.46. The molecule has 1 N–H and O–H groups in total. The number of carbonyl (C=O) groups is 1. The van der Waals surface area contributed by atoms with E-state index in [1.807, 2.05) is 66.9 Å². The second-order valence-corrected chi connectivity index (χ2v) is 8.43. The van der Waals surface area contributed by atoms with Crippen molar-refractivity contribution in [1.82, 2.24) is 34.2 Å². The summed E-state index contributed by atoms with van der Waals surface area (Å²) in [7, 11) is 3.48. The fourth-order valence-corrected chi connectivity index (χ4v) is 4.12. The van der Waals surface area contributed by atoms with Crippen molar-refractivity contribution in [1.29, 1.82) is 0 Å². The van der Waals surface area contributed by atoms with Crippen molar-refractivity contribution in [3.05, 3.63) is 65.9 Å². The van der Waals surface area contributed by atoms with Crippen LogP contribution in [0, 0.1) is 6.92 Å². The molecule has 1 aromatic carbocycles. The predicted octanol–water partition coefficient (Wildman–Crippen LogP) is 3.18. The van der Waals surface area contributed by atoms with Crippen LogP contribution in [0.2, 0.25) is 0 Å². The molecule has 174 valence electrons. The third-order valence-corrected chi connectivity index (χ3v) is 5.98. The van der Waals surface area contributed by atoms with Gasteiger partial charge in [0.05, 0.1) is 19.0 Å². The number of anilines is 2. The Morgan fingerprint density at radius 3 is 2.85 bits per heavy atom. The van der Waals surface area contributed by atoms with E-state index < -0.39 is 0 Å². The fourth-order valence-electron chi connectivity index (χ4n) is 4.12. The molecule has 0 spiro atoms. The Balaban J connectivity index is 1.43. The van der Waals surface area contributed by atoms with Gasteiger partial charge >= 0.3 is 0 Å². The van der Waals surface area contributed by atoms with Crippen LogP contribution in [-0.2, 0) is 20.1 Å². The molecule has 3 aromatic heterocycles. The Morgan fingerprint density at radius 1 is 1.24 bits per heavy atom. The Kier molecular flexibility index (Phi) is 5.48. The van der Waals surface area contributed by atoms with E-state index in [4.69, 9.17) is 9.72 Å². The standard InChI is InChI=1S/C24H26N8O2/c1-15-11-25-24(28-20-8-9-26-30(20)3)29-21(15)19-14-31-12-16(2)32(23(33)22(31)27-19)13-17-6-5-7-18(10-17)34-4/h5-11,14,16H,12-13H2,1-4H3,(H,25,28,29)/t16-/m0/s1. The van der Waals surface area contributed by atoms with Gasteiger partial charge in [-0.2, -0.15) is 5.10 Å². The molecule has 0 unspecified atom stereocenters. The summed E-state index contributed by atoms with van der Waals surface area (Å²) < 4.78 is 8.94. The number of ether oxygens (including phenoxy) is 1. The van der Waals surface area contributed by atoms with Crippen molar-refractivity contribution in [3.63, 3.8) is 0 Å². The highest BCUT2D eigenvalue weighted by Gasteiger charge is 2.32. The van der Waals surface area contributed by atoms with Gasteiger partial charge in [0.1, 0.15) is 17.3 Å². The molecule has 0 saturated carbocycles. The highest BCUT2D eigenvalue weighted by atomic mass is 16.5. The Labute approximate surface area is 197 Å². The number of benzene rings is 1. The number of nitrogens with one attached hydrogen (secondary N) is 1. The molecular formula is C24H26N8O2. The largest absolute Gasteiger partial charge is 0.497 e. The zero-order valence-electron chi connectivity index (χ0n) is 19.6. The SMILES string of the molecule is COc1cccc(CN2C(=O)c3nc(-c4nc(Nc5ccnn5C)ncc4C)cn3C[C@@H]2C)c1. The highest BCUT2D eigenvalue weighted by molar-refractivity contribution is 5.92. The second-order valence-electron chi connectivity index (χ2n) is 8.43. The van der Waals surface area contributed by atoms with Gasteiger partial charge in [0, 0.05) is 44.6 Å². The molecule has 1 aliphatic heterocycles. The van der Waals surface area contributed by atoms with Crippen LogP contribution in [0.25, 0.3) is 11.4 Å². The molecule has 4 heterocycles. The number of rotatable bonds is 6. The molecular weight excluding hydrogens is 432 g/mol. The first-order chi connectivity index (χ1) is 16.4. The molecule has 1 amide bonds. The van der Waals surface area contributed by atoms with E-state index in [0.29, 0.717) is 36.3 Å². The molecule has 0 fully saturated rings. The van der Waals surface area contributed by atoms with Crippen molar-refractivity contribution in [3.8, 4) is 17.1 Å². The van der Waals surface area contributed by atoms with Crippen LogP contribution in [0.1, 0.15) is 28.7 Å². The van der Waals surface area contributed by atoms with Gasteiger partial charge in [-0.1, -0.05) is 12.1 Å². The smallest absolute Gasteiger partial charge is 0.290 e. The van der Waals surface area contributed by atoms with Crippen molar-refractivity contribution >= 4 is 17.7 Å². The number of carbonyl (C=O) groups excluding carboxylic acids is 1. The number of aromatic nitrogens is 6. The number of imidazole rings is 1. The van der Waals surface area contributed by atoms with E-state index in [2.05, 4.69) is 20.4 Å². The third kappa shape index (κ3) is 3.98. The van der Waals surface area contributed by atoms with Crippen LogP contribution >= 0.6 is 0 Å². The van der Waals surface area contributed by atoms with Gasteiger partial charge in [-0.15, -0.1) is 0 Å². The first kappa shape index (κ1) is 21.6. The fraction of sp³-hybridized carbons (Fsp3) is 0.292. The van der Waals surface area contributed by atoms with Gasteiger partial charge in [0.25, 0.3) is 5.91 Å². The third-order valence-electron chi connectivity index (χ3n) is 5.98. The van der Waals surface area contributed by atoms with Crippen LogP contribution in [0.3, 0.4) is 0 Å². The number of methoxy groups -OCH3 is 1. The lowest BCUT2D eigenvalue weighted by molar-refractivity contribution is 0.0587. The maximum Gasteiger partial charge on any atom is 0.290 e. The summed E-state index contributed by atoms with van der Waals surface area (Å²) in [5.41, 5.74) is 3.21. The molecule has 4 aromatic rings. The summed E-state index contributed by atoms with van der Waals surface area (Å²) in [6, 6.07) is 9.63. The molecule has 0 aliphatic carbocycles. The summed E-state index contributed by atoms with van der Waals surface area (Å²) in [6.07, 6.45) is 5.35. The van der Waals surface area contributed by atoms with E-state index in [-0.39, 0.29) is 11.9 Å². The number of hydrogen-bond donors (Lipinski definition) is 1. The predicted molar refractivity (Wildman–Crippen MR) is 127 cm³/mol. The molecule has 10 nitrogen and oxygen atoms in total. The molecule has 5 rings (SSSR count). The van der Waals surface area contributed by atoms with E-state index in [9.17, 15) is 4.79 Å². The van der Waals surface area contributed by atoms with Gasteiger partial charge in [0.2, 0.25) is 5.95 Å². The van der Waals surface area contributed by atoms with Crippen LogP contribution in [0.15, 0.2) is 48.9 Å². The Morgan fingerprint density at radius 2 is 2.09 bits per heavy atom. The second kappa shape index (κ2) is 8.62. The number of amides is 1. The number of hydrogen-bond acceptors (Lipinski definition) is 7. The van der Waals surface area contributed by atoms with Gasteiger partial charge in [0.15, 0.2) is 5.82 Å². The summed E-state index contributed by atoms with van der Waals surface area (Å²) >= 11 is 0. The molecule has 0 radical (unpaired) electrons. The summed E-state index contributed by atoms with van der Waals surface area (Å²) in [4.78, 5) is 29.0. The van der Waals surface area contributed by atoms with E-state index in [1.165, 1.54) is 0 Å². The Bertz CT molecular complexity index is 1360. The molecule has 10 heteroatoms. The van der Waals surface area contributed by atoms with E-state index >= 15 is 0 Å². The molecule has 1 aliphatic rings. The van der Waals surface area contributed by atoms with E-state index in [1.54, 1.807) is 24.2 Å². The average Bonchev–Trinajstić information content (AvgIpc) is 3.44. The molecule has 1 atom stereocenters. The molecule has 34 heavy (non-hydrogen) atoms. The molecule has 0 saturated heterocycles. The minimum absolute atomic E-state index is 0.0156. The van der Waals surface area contributed by atoms with Crippen molar-refractivity contribution in [2.45, 2.75) is 33.0 Å². The van der Waals surface area contributed by atoms with E-state index in [0.717, 1.165) is 22.7 Å². The number of aryl methyl sites for hydroxylation is 2. The first-order valence-electron chi connectivity index (χ1n) is 11.0.